The number of nitrogens with zero attached hydrogens (tertiary/aromatic N) is 2. The van der Waals surface area contributed by atoms with Crippen molar-refractivity contribution in [1.82, 2.24) is 10.1 Å². The minimum Gasteiger partial charge on any atom is -0.368 e. The van der Waals surface area contributed by atoms with E-state index in [1.54, 1.807) is 12.3 Å². The van der Waals surface area contributed by atoms with Gasteiger partial charge in [0.05, 0.1) is 0 Å². The lowest BCUT2D eigenvalue weighted by molar-refractivity contribution is 0.439. The SMILES string of the molecule is Nc1cc(-c2ncccc2Br)no1. The van der Waals surface area contributed by atoms with E-state index in [1.165, 1.54) is 0 Å². The highest BCUT2D eigenvalue weighted by atomic mass is 79.9. The Bertz CT molecular complexity index is 427. The highest BCUT2D eigenvalue weighted by Crippen LogP contribution is 2.25. The summed E-state index contributed by atoms with van der Waals surface area (Å²) in [5.74, 6) is 0.285. The lowest BCUT2D eigenvalue weighted by Gasteiger charge is -1.95. The van der Waals surface area contributed by atoms with Crippen LogP contribution in [0.15, 0.2) is 33.4 Å². The predicted octanol–water partition coefficient (Wildman–Crippen LogP) is 2.08. The maximum atomic E-state index is 5.39. The molecular formula is C8H6BrN3O. The number of nitrogen functional groups attached to an aromatic ring is 1. The molecule has 4 nitrogen and oxygen atoms in total. The first-order chi connectivity index (χ1) is 6.27. The summed E-state index contributed by atoms with van der Waals surface area (Å²) in [4.78, 5) is 4.14. The van der Waals surface area contributed by atoms with Gasteiger partial charge in [0.25, 0.3) is 0 Å². The maximum absolute atomic E-state index is 5.39. The molecule has 2 aromatic rings. The van der Waals surface area contributed by atoms with E-state index < -0.39 is 0 Å². The lowest BCUT2D eigenvalue weighted by Crippen LogP contribution is -1.83. The largest absolute Gasteiger partial charge is 0.368 e. The molecule has 0 saturated heterocycles. The second-order valence-electron chi connectivity index (χ2n) is 2.45. The zero-order valence-corrected chi connectivity index (χ0v) is 8.15. The van der Waals surface area contributed by atoms with Crippen LogP contribution in [0.3, 0.4) is 0 Å². The molecule has 5 heteroatoms. The fourth-order valence-electron chi connectivity index (χ4n) is 0.975. The third-order valence-corrected chi connectivity index (χ3v) is 2.17. The van der Waals surface area contributed by atoms with Crippen molar-refractivity contribution in [3.63, 3.8) is 0 Å². The zero-order chi connectivity index (χ0) is 9.26. The molecule has 0 aliphatic rings. The second kappa shape index (κ2) is 3.18. The lowest BCUT2D eigenvalue weighted by atomic mass is 10.3. The number of rotatable bonds is 1. The van der Waals surface area contributed by atoms with Crippen molar-refractivity contribution in [3.8, 4) is 11.4 Å². The molecule has 0 unspecified atom stereocenters. The summed E-state index contributed by atoms with van der Waals surface area (Å²) in [6, 6.07) is 5.34. The normalized spacial score (nSPS) is 10.2. The van der Waals surface area contributed by atoms with E-state index in [-0.39, 0.29) is 5.88 Å². The van der Waals surface area contributed by atoms with Crippen LogP contribution >= 0.6 is 15.9 Å². The molecule has 2 heterocycles. The van der Waals surface area contributed by atoms with Crippen LogP contribution in [0.4, 0.5) is 5.88 Å². The molecule has 0 fully saturated rings. The number of pyridine rings is 1. The second-order valence-corrected chi connectivity index (χ2v) is 3.30. The minimum atomic E-state index is 0.285. The molecule has 0 aliphatic carbocycles. The van der Waals surface area contributed by atoms with Crippen LogP contribution in [0, 0.1) is 0 Å². The van der Waals surface area contributed by atoms with Crippen molar-refractivity contribution >= 4 is 21.8 Å². The molecule has 0 aromatic carbocycles. The van der Waals surface area contributed by atoms with Gasteiger partial charge in [0.15, 0.2) is 0 Å². The van der Waals surface area contributed by atoms with Gasteiger partial charge < -0.3 is 10.3 Å². The monoisotopic (exact) mass is 239 g/mol. The van der Waals surface area contributed by atoms with Gasteiger partial charge in [0.1, 0.15) is 11.4 Å². The van der Waals surface area contributed by atoms with Gasteiger partial charge in [-0.25, -0.2) is 0 Å². The van der Waals surface area contributed by atoms with E-state index in [1.807, 2.05) is 12.1 Å². The molecule has 0 saturated carbocycles. The minimum absolute atomic E-state index is 0.285. The molecule has 66 valence electrons. The Kier molecular flexibility index (Phi) is 2.02. The van der Waals surface area contributed by atoms with E-state index in [2.05, 4.69) is 26.1 Å². The molecule has 0 radical (unpaired) electrons. The number of hydrogen-bond acceptors (Lipinski definition) is 4. The molecule has 2 rings (SSSR count). The van der Waals surface area contributed by atoms with Crippen molar-refractivity contribution in [1.29, 1.82) is 0 Å². The standard InChI is InChI=1S/C8H6BrN3O/c9-5-2-1-3-11-8(5)6-4-7(10)13-12-6/h1-4H,10H2. The van der Waals surface area contributed by atoms with Crippen molar-refractivity contribution < 1.29 is 4.52 Å². The Morgan fingerprint density at radius 1 is 1.46 bits per heavy atom. The summed E-state index contributed by atoms with van der Waals surface area (Å²) in [6.07, 6.45) is 1.69. The van der Waals surface area contributed by atoms with Crippen LogP contribution in [-0.2, 0) is 0 Å². The molecule has 2 aromatic heterocycles. The first-order valence-electron chi connectivity index (χ1n) is 3.60. The third kappa shape index (κ3) is 1.55. The van der Waals surface area contributed by atoms with Crippen LogP contribution < -0.4 is 5.73 Å². The Balaban J connectivity index is 2.52. The van der Waals surface area contributed by atoms with Gasteiger partial charge in [-0.15, -0.1) is 0 Å². The topological polar surface area (TPSA) is 64.9 Å². The van der Waals surface area contributed by atoms with E-state index in [0.717, 1.165) is 10.2 Å². The highest BCUT2D eigenvalue weighted by molar-refractivity contribution is 9.10. The summed E-state index contributed by atoms with van der Waals surface area (Å²) in [7, 11) is 0. The zero-order valence-electron chi connectivity index (χ0n) is 6.57. The average Bonchev–Trinajstić information content (AvgIpc) is 2.53. The van der Waals surface area contributed by atoms with Crippen LogP contribution in [0.1, 0.15) is 0 Å². The average molecular weight is 240 g/mol. The first-order valence-corrected chi connectivity index (χ1v) is 4.40. The van der Waals surface area contributed by atoms with Crippen LogP contribution in [-0.4, -0.2) is 10.1 Å². The molecule has 0 bridgehead atoms. The number of anilines is 1. The van der Waals surface area contributed by atoms with E-state index >= 15 is 0 Å². The van der Waals surface area contributed by atoms with Gasteiger partial charge in [0.2, 0.25) is 5.88 Å². The molecule has 0 aliphatic heterocycles. The summed E-state index contributed by atoms with van der Waals surface area (Å²) < 4.78 is 5.61. The van der Waals surface area contributed by atoms with Crippen LogP contribution in [0.5, 0.6) is 0 Å². The Hall–Kier alpha value is -1.36. The van der Waals surface area contributed by atoms with E-state index in [4.69, 9.17) is 10.3 Å². The summed E-state index contributed by atoms with van der Waals surface area (Å²) in [6.45, 7) is 0. The Morgan fingerprint density at radius 2 is 2.31 bits per heavy atom. The molecule has 13 heavy (non-hydrogen) atoms. The first kappa shape index (κ1) is 8.25. The predicted molar refractivity (Wildman–Crippen MR) is 51.8 cm³/mol. The third-order valence-electron chi connectivity index (χ3n) is 1.53. The number of halogens is 1. The molecular weight excluding hydrogens is 234 g/mol. The molecule has 0 atom stereocenters. The van der Waals surface area contributed by atoms with Gasteiger partial charge in [-0.2, -0.15) is 0 Å². The molecule has 2 N–H and O–H groups in total. The van der Waals surface area contributed by atoms with Crippen LogP contribution in [0.25, 0.3) is 11.4 Å². The smallest absolute Gasteiger partial charge is 0.222 e. The van der Waals surface area contributed by atoms with Gasteiger partial charge in [-0.05, 0) is 28.1 Å². The summed E-state index contributed by atoms with van der Waals surface area (Å²) in [5.41, 5.74) is 6.75. The molecule has 0 amide bonds. The van der Waals surface area contributed by atoms with E-state index in [0.29, 0.717) is 5.69 Å². The Labute approximate surface area is 82.9 Å². The van der Waals surface area contributed by atoms with Crippen molar-refractivity contribution in [3.05, 3.63) is 28.9 Å². The summed E-state index contributed by atoms with van der Waals surface area (Å²) in [5, 5.41) is 3.75. The number of aromatic nitrogens is 2. The van der Waals surface area contributed by atoms with E-state index in [9.17, 15) is 0 Å². The van der Waals surface area contributed by atoms with Gasteiger partial charge >= 0.3 is 0 Å². The maximum Gasteiger partial charge on any atom is 0.222 e. The van der Waals surface area contributed by atoms with Crippen molar-refractivity contribution in [2.45, 2.75) is 0 Å². The fraction of sp³-hybridized carbons (Fsp3) is 0. The Morgan fingerprint density at radius 3 is 2.92 bits per heavy atom. The number of nitrogens with two attached hydrogens (primary N) is 1. The summed E-state index contributed by atoms with van der Waals surface area (Å²) >= 11 is 3.36. The van der Waals surface area contributed by atoms with Crippen molar-refractivity contribution in [2.24, 2.45) is 0 Å². The highest BCUT2D eigenvalue weighted by Gasteiger charge is 2.08. The quantitative estimate of drug-likeness (QED) is 0.828. The molecule has 0 spiro atoms. The van der Waals surface area contributed by atoms with Crippen LogP contribution in [0.2, 0.25) is 0 Å². The van der Waals surface area contributed by atoms with Gasteiger partial charge in [-0.3, -0.25) is 4.98 Å². The van der Waals surface area contributed by atoms with Gasteiger partial charge in [-0.1, -0.05) is 5.16 Å². The van der Waals surface area contributed by atoms with Crippen molar-refractivity contribution in [2.75, 3.05) is 5.73 Å². The van der Waals surface area contributed by atoms with Gasteiger partial charge in [0, 0.05) is 16.7 Å². The fourth-order valence-corrected chi connectivity index (χ4v) is 1.43. The number of hydrogen-bond donors (Lipinski definition) is 1.